The molecule has 0 amide bonds. The van der Waals surface area contributed by atoms with Crippen molar-refractivity contribution in [2.75, 3.05) is 13.4 Å². The minimum atomic E-state index is -0.105. The normalized spacial score (nSPS) is 20.3. The fourth-order valence-corrected chi connectivity index (χ4v) is 0.351. The Morgan fingerprint density at radius 3 is 2.86 bits per heavy atom. The molecule has 0 aromatic carbocycles. The standard InChI is InChI=1S/C4H6O3/c5-4-1-6-3-7-2-4/h1,5H,2-3H2/p-1. The van der Waals surface area contributed by atoms with Gasteiger partial charge < -0.3 is 14.6 Å². The van der Waals surface area contributed by atoms with Gasteiger partial charge in [-0.15, -0.1) is 0 Å². The molecule has 7 heavy (non-hydrogen) atoms. The zero-order valence-corrected chi connectivity index (χ0v) is 3.72. The molecule has 40 valence electrons. The predicted octanol–water partition coefficient (Wildman–Crippen LogP) is -0.808. The fourth-order valence-electron chi connectivity index (χ4n) is 0.351. The van der Waals surface area contributed by atoms with E-state index in [0.717, 1.165) is 0 Å². The molecule has 0 radical (unpaired) electrons. The van der Waals surface area contributed by atoms with Gasteiger partial charge in [0.05, 0.1) is 12.9 Å². The van der Waals surface area contributed by atoms with Crippen molar-refractivity contribution in [1.82, 2.24) is 0 Å². The Labute approximate surface area is 41.2 Å². The summed E-state index contributed by atoms with van der Waals surface area (Å²) in [6.07, 6.45) is 1.17. The lowest BCUT2D eigenvalue weighted by Crippen LogP contribution is -2.16. The van der Waals surface area contributed by atoms with Crippen molar-refractivity contribution in [2.24, 2.45) is 0 Å². The van der Waals surface area contributed by atoms with Gasteiger partial charge in [0.15, 0.2) is 6.79 Å². The Morgan fingerprint density at radius 2 is 2.57 bits per heavy atom. The van der Waals surface area contributed by atoms with Crippen LogP contribution >= 0.6 is 0 Å². The minimum absolute atomic E-state index is 0.105. The van der Waals surface area contributed by atoms with E-state index in [9.17, 15) is 5.11 Å². The van der Waals surface area contributed by atoms with E-state index >= 15 is 0 Å². The summed E-state index contributed by atoms with van der Waals surface area (Å²) in [5.74, 6) is -0.105. The topological polar surface area (TPSA) is 41.5 Å². The van der Waals surface area contributed by atoms with Crippen molar-refractivity contribution < 1.29 is 14.6 Å². The van der Waals surface area contributed by atoms with Crippen molar-refractivity contribution >= 4 is 0 Å². The van der Waals surface area contributed by atoms with Crippen molar-refractivity contribution in [1.29, 1.82) is 0 Å². The summed E-state index contributed by atoms with van der Waals surface area (Å²) in [4.78, 5) is 0. The number of hydrogen-bond donors (Lipinski definition) is 0. The molecule has 0 saturated heterocycles. The van der Waals surface area contributed by atoms with Crippen LogP contribution in [0.1, 0.15) is 0 Å². The van der Waals surface area contributed by atoms with Gasteiger partial charge in [-0.1, -0.05) is 5.76 Å². The quantitative estimate of drug-likeness (QED) is 0.401. The minimum Gasteiger partial charge on any atom is -0.872 e. The van der Waals surface area contributed by atoms with Crippen LogP contribution in [-0.4, -0.2) is 13.4 Å². The van der Waals surface area contributed by atoms with Crippen molar-refractivity contribution in [3.05, 3.63) is 12.0 Å². The molecule has 0 atom stereocenters. The van der Waals surface area contributed by atoms with Gasteiger partial charge >= 0.3 is 0 Å². The maximum atomic E-state index is 10.2. The van der Waals surface area contributed by atoms with E-state index in [-0.39, 0.29) is 19.2 Å². The monoisotopic (exact) mass is 101 g/mol. The molecule has 1 rings (SSSR count). The molecular formula is C4H5O3-. The largest absolute Gasteiger partial charge is 0.872 e. The Hall–Kier alpha value is -0.700. The molecule has 3 heteroatoms. The molecule has 0 unspecified atom stereocenters. The SMILES string of the molecule is [O-]C1=COCOC1. The molecule has 1 aliphatic rings. The highest BCUT2D eigenvalue weighted by atomic mass is 16.7. The smallest absolute Gasteiger partial charge is 0.188 e. The molecule has 1 heterocycles. The molecular weight excluding hydrogens is 96.0 g/mol. The molecule has 0 bridgehead atoms. The van der Waals surface area contributed by atoms with Crippen LogP contribution in [0.15, 0.2) is 12.0 Å². The van der Waals surface area contributed by atoms with Gasteiger partial charge in [-0.3, -0.25) is 0 Å². The summed E-state index contributed by atoms with van der Waals surface area (Å²) < 4.78 is 9.06. The second-order valence-electron chi connectivity index (χ2n) is 1.22. The predicted molar refractivity (Wildman–Crippen MR) is 20.0 cm³/mol. The fraction of sp³-hybridized carbons (Fsp3) is 0.500. The third-order valence-electron chi connectivity index (χ3n) is 0.610. The first-order valence-electron chi connectivity index (χ1n) is 1.95. The first kappa shape index (κ1) is 4.46. The number of hydrogen-bond acceptors (Lipinski definition) is 3. The van der Waals surface area contributed by atoms with Gasteiger partial charge in [0, 0.05) is 0 Å². The molecule has 0 aromatic heterocycles. The highest BCUT2D eigenvalue weighted by Crippen LogP contribution is 1.93. The van der Waals surface area contributed by atoms with Crippen LogP contribution in [-0.2, 0) is 9.47 Å². The lowest BCUT2D eigenvalue weighted by Gasteiger charge is -2.16. The van der Waals surface area contributed by atoms with E-state index in [4.69, 9.17) is 0 Å². The summed E-state index contributed by atoms with van der Waals surface area (Å²) in [5.41, 5.74) is 0. The third-order valence-corrected chi connectivity index (χ3v) is 0.610. The Balaban J connectivity index is 2.40. The molecule has 1 aliphatic heterocycles. The van der Waals surface area contributed by atoms with Crippen molar-refractivity contribution in [3.8, 4) is 0 Å². The second kappa shape index (κ2) is 1.84. The maximum absolute atomic E-state index is 10.2. The van der Waals surface area contributed by atoms with Crippen molar-refractivity contribution in [3.63, 3.8) is 0 Å². The summed E-state index contributed by atoms with van der Waals surface area (Å²) in [6.45, 7) is 0.381. The molecule has 0 spiro atoms. The van der Waals surface area contributed by atoms with Gasteiger partial charge in [0.1, 0.15) is 0 Å². The molecule has 0 fully saturated rings. The van der Waals surface area contributed by atoms with E-state index in [1.54, 1.807) is 0 Å². The third kappa shape index (κ3) is 1.08. The number of ether oxygens (including phenoxy) is 2. The van der Waals surface area contributed by atoms with E-state index in [1.165, 1.54) is 6.26 Å². The zero-order valence-electron chi connectivity index (χ0n) is 3.72. The molecule has 3 nitrogen and oxygen atoms in total. The van der Waals surface area contributed by atoms with Crippen LogP contribution in [0.25, 0.3) is 0 Å². The first-order valence-corrected chi connectivity index (χ1v) is 1.95. The summed E-state index contributed by atoms with van der Waals surface area (Å²) in [5, 5.41) is 10.2. The first-order chi connectivity index (χ1) is 3.39. The van der Waals surface area contributed by atoms with E-state index < -0.39 is 0 Å². The summed E-state index contributed by atoms with van der Waals surface area (Å²) in [6, 6.07) is 0. The van der Waals surface area contributed by atoms with Crippen LogP contribution in [0, 0.1) is 0 Å². The zero-order chi connectivity index (χ0) is 5.11. The van der Waals surface area contributed by atoms with E-state index in [2.05, 4.69) is 9.47 Å². The highest BCUT2D eigenvalue weighted by Gasteiger charge is 1.90. The Kier molecular flexibility index (Phi) is 1.17. The van der Waals surface area contributed by atoms with Gasteiger partial charge in [0.2, 0.25) is 0 Å². The Bertz CT molecular complexity index is 86.9. The van der Waals surface area contributed by atoms with Crippen LogP contribution in [0.3, 0.4) is 0 Å². The van der Waals surface area contributed by atoms with Crippen LogP contribution < -0.4 is 5.11 Å². The lowest BCUT2D eigenvalue weighted by atomic mass is 10.6. The second-order valence-corrected chi connectivity index (χ2v) is 1.22. The van der Waals surface area contributed by atoms with Gasteiger partial charge in [-0.25, -0.2) is 0 Å². The number of rotatable bonds is 0. The molecule has 0 aromatic rings. The van der Waals surface area contributed by atoms with Gasteiger partial charge in [-0.2, -0.15) is 0 Å². The van der Waals surface area contributed by atoms with Gasteiger partial charge in [-0.05, 0) is 0 Å². The average molecular weight is 101 g/mol. The average Bonchev–Trinajstić information content (AvgIpc) is 1.69. The lowest BCUT2D eigenvalue weighted by molar-refractivity contribution is -0.323. The van der Waals surface area contributed by atoms with E-state index in [1.807, 2.05) is 0 Å². The molecule has 0 aliphatic carbocycles. The summed E-state index contributed by atoms with van der Waals surface area (Å²) >= 11 is 0. The van der Waals surface area contributed by atoms with Crippen molar-refractivity contribution in [2.45, 2.75) is 0 Å². The summed E-state index contributed by atoms with van der Waals surface area (Å²) in [7, 11) is 0. The van der Waals surface area contributed by atoms with Crippen LogP contribution in [0.5, 0.6) is 0 Å². The van der Waals surface area contributed by atoms with E-state index in [0.29, 0.717) is 0 Å². The molecule has 0 saturated carbocycles. The molecule has 0 N–H and O–H groups in total. The maximum Gasteiger partial charge on any atom is 0.188 e. The van der Waals surface area contributed by atoms with Crippen LogP contribution in [0.4, 0.5) is 0 Å². The van der Waals surface area contributed by atoms with Gasteiger partial charge in [0.25, 0.3) is 0 Å². The Morgan fingerprint density at radius 1 is 1.71 bits per heavy atom. The highest BCUT2D eigenvalue weighted by molar-refractivity contribution is 4.83. The van der Waals surface area contributed by atoms with Crippen LogP contribution in [0.2, 0.25) is 0 Å².